The van der Waals surface area contributed by atoms with Crippen LogP contribution >= 0.6 is 0 Å². The van der Waals surface area contributed by atoms with Gasteiger partial charge in [-0.25, -0.2) is 0 Å². The quantitative estimate of drug-likeness (QED) is 0.502. The highest BCUT2D eigenvalue weighted by atomic mass is 16.5. The van der Waals surface area contributed by atoms with E-state index in [0.29, 0.717) is 13.1 Å². The lowest BCUT2D eigenvalue weighted by Gasteiger charge is -2.23. The minimum absolute atomic E-state index is 0.0447. The van der Waals surface area contributed by atoms with Gasteiger partial charge in [-0.2, -0.15) is 0 Å². The van der Waals surface area contributed by atoms with Crippen molar-refractivity contribution in [1.29, 1.82) is 0 Å². The number of hydrogen-bond donors (Lipinski definition) is 3. The maximum atomic E-state index is 11.6. The van der Waals surface area contributed by atoms with Crippen LogP contribution in [0.3, 0.4) is 0 Å². The molecule has 1 atom stereocenters. The van der Waals surface area contributed by atoms with Gasteiger partial charge in [-0.3, -0.25) is 14.9 Å². The molecule has 6 nitrogen and oxygen atoms in total. The molecule has 98 valence electrons. The second-order valence-corrected chi connectivity index (χ2v) is 4.08. The van der Waals surface area contributed by atoms with Crippen molar-refractivity contribution in [3.8, 4) is 0 Å². The third kappa shape index (κ3) is 5.65. The fraction of sp³-hybridized carbons (Fsp3) is 0.818. The molecule has 0 spiro atoms. The first kappa shape index (κ1) is 13.9. The molecule has 2 amide bonds. The van der Waals surface area contributed by atoms with Crippen LogP contribution in [0.4, 0.5) is 0 Å². The Bertz CT molecular complexity index is 248. The zero-order valence-corrected chi connectivity index (χ0v) is 10.3. The van der Waals surface area contributed by atoms with Crippen LogP contribution in [-0.4, -0.2) is 51.2 Å². The Labute approximate surface area is 101 Å². The van der Waals surface area contributed by atoms with E-state index in [1.807, 2.05) is 0 Å². The maximum absolute atomic E-state index is 11.6. The Kier molecular flexibility index (Phi) is 6.57. The van der Waals surface area contributed by atoms with Gasteiger partial charge in [0.25, 0.3) is 0 Å². The summed E-state index contributed by atoms with van der Waals surface area (Å²) in [4.78, 5) is 22.5. The number of nitrogens with one attached hydrogen (secondary N) is 3. The van der Waals surface area contributed by atoms with Crippen molar-refractivity contribution in [3.05, 3.63) is 0 Å². The molecule has 0 radical (unpaired) electrons. The molecule has 3 N–H and O–H groups in total. The zero-order valence-electron chi connectivity index (χ0n) is 10.3. The van der Waals surface area contributed by atoms with Gasteiger partial charge in [-0.15, -0.1) is 0 Å². The fourth-order valence-electron chi connectivity index (χ4n) is 1.63. The summed E-state index contributed by atoms with van der Waals surface area (Å²) < 4.78 is 4.94. The second-order valence-electron chi connectivity index (χ2n) is 4.08. The first-order valence-electron chi connectivity index (χ1n) is 6.00. The Morgan fingerprint density at radius 1 is 1.47 bits per heavy atom. The molecule has 1 rings (SSSR count). The molecular weight excluding hydrogens is 222 g/mol. The Morgan fingerprint density at radius 3 is 2.94 bits per heavy atom. The standard InChI is InChI=1S/C11H21N3O3/c1-17-6-4-2-3-5-12-11(16)9-7-14-10(15)8-13-9/h9,13H,2-8H2,1H3,(H,12,16)(H,14,15). The lowest BCUT2D eigenvalue weighted by atomic mass is 10.2. The minimum Gasteiger partial charge on any atom is -0.385 e. The van der Waals surface area contributed by atoms with Gasteiger partial charge in [0.05, 0.1) is 6.54 Å². The molecule has 17 heavy (non-hydrogen) atoms. The molecule has 1 aliphatic heterocycles. The lowest BCUT2D eigenvalue weighted by molar-refractivity contribution is -0.126. The molecule has 1 aliphatic rings. The number of carbonyl (C=O) groups is 2. The van der Waals surface area contributed by atoms with Crippen LogP contribution in [0.5, 0.6) is 0 Å². The average Bonchev–Trinajstić information content (AvgIpc) is 2.34. The second kappa shape index (κ2) is 8.03. The number of hydrogen-bond acceptors (Lipinski definition) is 4. The molecule has 0 saturated carbocycles. The highest BCUT2D eigenvalue weighted by Gasteiger charge is 2.22. The van der Waals surface area contributed by atoms with E-state index < -0.39 is 0 Å². The summed E-state index contributed by atoms with van der Waals surface area (Å²) in [5, 5.41) is 8.39. The SMILES string of the molecule is COCCCCCNC(=O)C1CNC(=O)CN1. The summed E-state index contributed by atoms with van der Waals surface area (Å²) >= 11 is 0. The summed E-state index contributed by atoms with van der Waals surface area (Å²) in [6, 6.07) is -0.299. The molecule has 1 saturated heterocycles. The normalized spacial score (nSPS) is 19.8. The van der Waals surface area contributed by atoms with Crippen molar-refractivity contribution in [2.24, 2.45) is 0 Å². The highest BCUT2D eigenvalue weighted by molar-refractivity contribution is 5.86. The van der Waals surface area contributed by atoms with Gasteiger partial charge in [0.2, 0.25) is 11.8 Å². The molecule has 0 aromatic rings. The molecule has 0 aromatic heterocycles. The highest BCUT2D eigenvalue weighted by Crippen LogP contribution is 1.94. The van der Waals surface area contributed by atoms with Crippen molar-refractivity contribution in [2.45, 2.75) is 25.3 Å². The molecule has 6 heteroatoms. The molecule has 0 aromatic carbocycles. The first-order valence-corrected chi connectivity index (χ1v) is 6.00. The van der Waals surface area contributed by atoms with Gasteiger partial charge in [0, 0.05) is 26.8 Å². The Hall–Kier alpha value is -1.14. The number of ether oxygens (including phenoxy) is 1. The van der Waals surface area contributed by atoms with Crippen molar-refractivity contribution in [1.82, 2.24) is 16.0 Å². The van der Waals surface area contributed by atoms with E-state index in [9.17, 15) is 9.59 Å². The minimum atomic E-state index is -0.299. The first-order chi connectivity index (χ1) is 8.24. The van der Waals surface area contributed by atoms with E-state index in [1.165, 1.54) is 0 Å². The molecule has 0 bridgehead atoms. The van der Waals surface area contributed by atoms with Crippen molar-refractivity contribution in [2.75, 3.05) is 33.4 Å². The zero-order chi connectivity index (χ0) is 12.5. The topological polar surface area (TPSA) is 79.5 Å². The van der Waals surface area contributed by atoms with Crippen LogP contribution in [0.15, 0.2) is 0 Å². The summed E-state index contributed by atoms with van der Waals surface area (Å²) in [6.07, 6.45) is 3.02. The van der Waals surface area contributed by atoms with E-state index in [4.69, 9.17) is 4.74 Å². The number of rotatable bonds is 7. The molecule has 0 aliphatic carbocycles. The van der Waals surface area contributed by atoms with Crippen LogP contribution in [0, 0.1) is 0 Å². The maximum Gasteiger partial charge on any atom is 0.238 e. The van der Waals surface area contributed by atoms with Gasteiger partial charge < -0.3 is 15.4 Å². The van der Waals surface area contributed by atoms with E-state index in [-0.39, 0.29) is 24.4 Å². The van der Waals surface area contributed by atoms with Gasteiger partial charge in [-0.05, 0) is 19.3 Å². The predicted molar refractivity (Wildman–Crippen MR) is 63.5 cm³/mol. The molecular formula is C11H21N3O3. The largest absolute Gasteiger partial charge is 0.385 e. The third-order valence-corrected chi connectivity index (χ3v) is 2.65. The smallest absolute Gasteiger partial charge is 0.238 e. The lowest BCUT2D eigenvalue weighted by Crippen LogP contribution is -2.58. The van der Waals surface area contributed by atoms with Gasteiger partial charge >= 0.3 is 0 Å². The summed E-state index contributed by atoms with van der Waals surface area (Å²) in [7, 11) is 1.69. The number of piperazine rings is 1. The molecule has 1 unspecified atom stereocenters. The predicted octanol–water partition coefficient (Wildman–Crippen LogP) is -0.993. The summed E-state index contributed by atoms with van der Waals surface area (Å²) in [5.74, 6) is -0.106. The van der Waals surface area contributed by atoms with Crippen molar-refractivity contribution < 1.29 is 14.3 Å². The van der Waals surface area contributed by atoms with Gasteiger partial charge in [0.1, 0.15) is 6.04 Å². The summed E-state index contributed by atoms with van der Waals surface area (Å²) in [6.45, 7) is 2.03. The molecule has 1 fully saturated rings. The molecule has 1 heterocycles. The van der Waals surface area contributed by atoms with Crippen LogP contribution in [-0.2, 0) is 14.3 Å². The number of methoxy groups -OCH3 is 1. The number of unbranched alkanes of at least 4 members (excludes halogenated alkanes) is 2. The van der Waals surface area contributed by atoms with Gasteiger partial charge in [-0.1, -0.05) is 0 Å². The number of amides is 2. The van der Waals surface area contributed by atoms with Crippen molar-refractivity contribution >= 4 is 11.8 Å². The Morgan fingerprint density at radius 2 is 2.29 bits per heavy atom. The summed E-state index contributed by atoms with van der Waals surface area (Å²) in [5.41, 5.74) is 0. The van der Waals surface area contributed by atoms with Crippen LogP contribution < -0.4 is 16.0 Å². The fourth-order valence-corrected chi connectivity index (χ4v) is 1.63. The third-order valence-electron chi connectivity index (χ3n) is 2.65. The number of carbonyl (C=O) groups excluding carboxylic acids is 2. The van der Waals surface area contributed by atoms with Crippen molar-refractivity contribution in [3.63, 3.8) is 0 Å². The van der Waals surface area contributed by atoms with E-state index in [0.717, 1.165) is 25.9 Å². The van der Waals surface area contributed by atoms with E-state index >= 15 is 0 Å². The monoisotopic (exact) mass is 243 g/mol. The van der Waals surface area contributed by atoms with Crippen LogP contribution in [0.25, 0.3) is 0 Å². The van der Waals surface area contributed by atoms with Gasteiger partial charge in [0.15, 0.2) is 0 Å². The van der Waals surface area contributed by atoms with Crippen LogP contribution in [0.2, 0.25) is 0 Å². The average molecular weight is 243 g/mol. The Balaban J connectivity index is 2.03. The van der Waals surface area contributed by atoms with E-state index in [1.54, 1.807) is 7.11 Å². The van der Waals surface area contributed by atoms with Crippen LogP contribution in [0.1, 0.15) is 19.3 Å². The van der Waals surface area contributed by atoms with E-state index in [2.05, 4.69) is 16.0 Å².